The summed E-state index contributed by atoms with van der Waals surface area (Å²) in [7, 11) is 0. The first-order valence-corrected chi connectivity index (χ1v) is 5.47. The van der Waals surface area contributed by atoms with Gasteiger partial charge in [0.1, 0.15) is 0 Å². The largest absolute Gasteiger partial charge is 0.379 e. The zero-order chi connectivity index (χ0) is 12.7. The number of urea groups is 2. The van der Waals surface area contributed by atoms with E-state index in [9.17, 15) is 9.59 Å². The van der Waals surface area contributed by atoms with Crippen molar-refractivity contribution in [1.29, 1.82) is 0 Å². The van der Waals surface area contributed by atoms with Gasteiger partial charge in [0, 0.05) is 26.2 Å². The quantitative estimate of drug-likeness (QED) is 0.448. The fraction of sp³-hybridized carbons (Fsp3) is 0.778. The zero-order valence-corrected chi connectivity index (χ0v) is 9.65. The number of nitrogens with zero attached hydrogens (tertiary/aromatic N) is 1. The van der Waals surface area contributed by atoms with Crippen molar-refractivity contribution in [3.8, 4) is 0 Å². The Balaban J connectivity index is 2.37. The molecule has 0 bridgehead atoms. The number of morpholine rings is 1. The van der Waals surface area contributed by atoms with Gasteiger partial charge in [-0.15, -0.1) is 0 Å². The van der Waals surface area contributed by atoms with Crippen LogP contribution in [0.4, 0.5) is 9.59 Å². The van der Waals surface area contributed by atoms with Crippen LogP contribution in [0.15, 0.2) is 0 Å². The van der Waals surface area contributed by atoms with E-state index < -0.39 is 12.1 Å². The van der Waals surface area contributed by atoms with Crippen molar-refractivity contribution in [3.63, 3.8) is 0 Å². The van der Waals surface area contributed by atoms with E-state index in [1.807, 2.05) is 0 Å². The van der Waals surface area contributed by atoms with Crippen LogP contribution in [0, 0.1) is 0 Å². The van der Waals surface area contributed by atoms with Crippen molar-refractivity contribution in [1.82, 2.24) is 15.5 Å². The lowest BCUT2D eigenvalue weighted by atomic mass is 10.2. The van der Waals surface area contributed by atoms with Crippen molar-refractivity contribution in [2.45, 2.75) is 6.04 Å². The normalized spacial score (nSPS) is 18.4. The first-order valence-electron chi connectivity index (χ1n) is 5.47. The first-order chi connectivity index (χ1) is 8.08. The van der Waals surface area contributed by atoms with E-state index >= 15 is 0 Å². The maximum Gasteiger partial charge on any atom is 0.312 e. The standard InChI is InChI=1S/C9H19N5O3/c10-8(15)12-5-7(13-9(11)16)6-14-1-3-17-4-2-14/h7H,1-6H2,(H3,10,12,15)(H3,11,13,16). The fourth-order valence-electron chi connectivity index (χ4n) is 1.68. The number of amides is 4. The first kappa shape index (κ1) is 13.5. The molecule has 0 spiro atoms. The van der Waals surface area contributed by atoms with Gasteiger partial charge in [-0.1, -0.05) is 0 Å². The predicted octanol–water partition coefficient (Wildman–Crippen LogP) is -1.98. The minimum Gasteiger partial charge on any atom is -0.379 e. The Morgan fingerprint density at radius 1 is 1.24 bits per heavy atom. The lowest BCUT2D eigenvalue weighted by Crippen LogP contribution is -2.53. The zero-order valence-electron chi connectivity index (χ0n) is 9.65. The Kier molecular flexibility index (Phi) is 5.50. The highest BCUT2D eigenvalue weighted by atomic mass is 16.5. The number of rotatable bonds is 5. The van der Waals surface area contributed by atoms with E-state index in [0.717, 1.165) is 13.1 Å². The summed E-state index contributed by atoms with van der Waals surface area (Å²) in [6.45, 7) is 3.81. The van der Waals surface area contributed by atoms with Gasteiger partial charge in [-0.2, -0.15) is 0 Å². The van der Waals surface area contributed by atoms with Crippen LogP contribution in [-0.2, 0) is 4.74 Å². The molecule has 0 radical (unpaired) electrons. The van der Waals surface area contributed by atoms with E-state index in [0.29, 0.717) is 19.8 Å². The molecule has 8 heteroatoms. The molecule has 0 saturated carbocycles. The molecular weight excluding hydrogens is 226 g/mol. The van der Waals surface area contributed by atoms with Gasteiger partial charge in [0.25, 0.3) is 0 Å². The molecule has 0 aromatic rings. The highest BCUT2D eigenvalue weighted by molar-refractivity contribution is 5.73. The lowest BCUT2D eigenvalue weighted by Gasteiger charge is -2.30. The van der Waals surface area contributed by atoms with Crippen molar-refractivity contribution in [2.24, 2.45) is 11.5 Å². The van der Waals surface area contributed by atoms with Gasteiger partial charge < -0.3 is 26.8 Å². The second-order valence-corrected chi connectivity index (χ2v) is 3.86. The highest BCUT2D eigenvalue weighted by Crippen LogP contribution is 1.98. The molecule has 0 aromatic heterocycles. The number of hydrogen-bond acceptors (Lipinski definition) is 4. The Bertz CT molecular complexity index is 267. The second kappa shape index (κ2) is 6.92. The number of ether oxygens (including phenoxy) is 1. The Hall–Kier alpha value is -1.54. The van der Waals surface area contributed by atoms with E-state index in [4.69, 9.17) is 16.2 Å². The maximum absolute atomic E-state index is 10.8. The average molecular weight is 245 g/mol. The van der Waals surface area contributed by atoms with E-state index in [-0.39, 0.29) is 12.6 Å². The molecule has 6 N–H and O–H groups in total. The summed E-state index contributed by atoms with van der Waals surface area (Å²) in [5, 5.41) is 5.02. The highest BCUT2D eigenvalue weighted by Gasteiger charge is 2.17. The Labute approximate surface area is 99.6 Å². The molecular formula is C9H19N5O3. The van der Waals surface area contributed by atoms with Gasteiger partial charge in [-0.25, -0.2) is 9.59 Å². The molecule has 1 rings (SSSR count). The molecule has 1 saturated heterocycles. The average Bonchev–Trinajstić information content (AvgIpc) is 2.26. The van der Waals surface area contributed by atoms with Gasteiger partial charge in [0.15, 0.2) is 0 Å². The van der Waals surface area contributed by atoms with Crippen molar-refractivity contribution >= 4 is 12.1 Å². The van der Waals surface area contributed by atoms with Crippen molar-refractivity contribution < 1.29 is 14.3 Å². The van der Waals surface area contributed by atoms with E-state index in [2.05, 4.69) is 15.5 Å². The molecule has 1 heterocycles. The topological polar surface area (TPSA) is 123 Å². The number of carbonyl (C=O) groups excluding carboxylic acids is 2. The summed E-state index contributed by atoms with van der Waals surface area (Å²) in [5.74, 6) is 0. The van der Waals surface area contributed by atoms with Crippen LogP contribution >= 0.6 is 0 Å². The van der Waals surface area contributed by atoms with Gasteiger partial charge >= 0.3 is 12.1 Å². The number of hydrogen-bond donors (Lipinski definition) is 4. The summed E-state index contributed by atoms with van der Waals surface area (Å²) in [6.07, 6.45) is 0. The third kappa shape index (κ3) is 5.93. The Morgan fingerprint density at radius 3 is 2.41 bits per heavy atom. The third-order valence-electron chi connectivity index (χ3n) is 2.45. The van der Waals surface area contributed by atoms with Crippen molar-refractivity contribution in [2.75, 3.05) is 39.4 Å². The minimum atomic E-state index is -0.622. The minimum absolute atomic E-state index is 0.252. The second-order valence-electron chi connectivity index (χ2n) is 3.86. The summed E-state index contributed by atoms with van der Waals surface area (Å²) >= 11 is 0. The summed E-state index contributed by atoms with van der Waals surface area (Å²) < 4.78 is 5.22. The number of nitrogens with one attached hydrogen (secondary N) is 2. The SMILES string of the molecule is NC(=O)NCC(CN1CCOCC1)NC(N)=O. The summed E-state index contributed by atoms with van der Waals surface area (Å²) in [4.78, 5) is 23.6. The van der Waals surface area contributed by atoms with Gasteiger partial charge in [-0.3, -0.25) is 4.90 Å². The summed E-state index contributed by atoms with van der Waals surface area (Å²) in [5.41, 5.74) is 10.0. The van der Waals surface area contributed by atoms with E-state index in [1.54, 1.807) is 0 Å². The fourth-order valence-corrected chi connectivity index (χ4v) is 1.68. The van der Waals surface area contributed by atoms with Crippen LogP contribution in [0.25, 0.3) is 0 Å². The molecule has 1 unspecified atom stereocenters. The van der Waals surface area contributed by atoms with Crippen LogP contribution in [0.5, 0.6) is 0 Å². The molecule has 4 amide bonds. The smallest absolute Gasteiger partial charge is 0.312 e. The van der Waals surface area contributed by atoms with Gasteiger partial charge in [0.2, 0.25) is 0 Å². The molecule has 0 aliphatic carbocycles. The van der Waals surface area contributed by atoms with Crippen molar-refractivity contribution in [3.05, 3.63) is 0 Å². The number of nitrogens with two attached hydrogens (primary N) is 2. The molecule has 0 aromatic carbocycles. The predicted molar refractivity (Wildman–Crippen MR) is 61.4 cm³/mol. The van der Waals surface area contributed by atoms with E-state index in [1.165, 1.54) is 0 Å². The molecule has 1 fully saturated rings. The van der Waals surface area contributed by atoms with Crippen LogP contribution in [0.3, 0.4) is 0 Å². The molecule has 1 aliphatic rings. The Morgan fingerprint density at radius 2 is 1.88 bits per heavy atom. The third-order valence-corrected chi connectivity index (χ3v) is 2.45. The number of carbonyl (C=O) groups is 2. The van der Waals surface area contributed by atoms with Gasteiger partial charge in [0.05, 0.1) is 19.3 Å². The van der Waals surface area contributed by atoms with Crippen LogP contribution in [0.2, 0.25) is 0 Å². The molecule has 8 nitrogen and oxygen atoms in total. The molecule has 98 valence electrons. The summed E-state index contributed by atoms with van der Waals surface area (Å²) in [6, 6.07) is -1.49. The molecule has 1 atom stereocenters. The lowest BCUT2D eigenvalue weighted by molar-refractivity contribution is 0.0342. The monoisotopic (exact) mass is 245 g/mol. The van der Waals surface area contributed by atoms with Crippen LogP contribution in [0.1, 0.15) is 0 Å². The van der Waals surface area contributed by atoms with Gasteiger partial charge in [-0.05, 0) is 0 Å². The molecule has 1 aliphatic heterocycles. The van der Waals surface area contributed by atoms with Crippen LogP contribution in [-0.4, -0.2) is 62.4 Å². The number of primary amides is 2. The van der Waals surface area contributed by atoms with Crippen LogP contribution < -0.4 is 22.1 Å². The molecule has 17 heavy (non-hydrogen) atoms. The maximum atomic E-state index is 10.8.